The number of aromatic hydroxyl groups is 1. The van der Waals surface area contributed by atoms with Gasteiger partial charge in [-0.3, -0.25) is 4.79 Å². The van der Waals surface area contributed by atoms with E-state index < -0.39 is 0 Å². The van der Waals surface area contributed by atoms with Crippen LogP contribution in [0.3, 0.4) is 0 Å². The highest BCUT2D eigenvalue weighted by molar-refractivity contribution is 5.97. The number of ether oxygens (including phenoxy) is 1. The zero-order valence-corrected chi connectivity index (χ0v) is 12.3. The number of hydrogen-bond donors (Lipinski definition) is 2. The molecule has 0 aromatic heterocycles. The maximum Gasteiger partial charge on any atom is 0.255 e. The molecule has 20 heavy (non-hydrogen) atoms. The highest BCUT2D eigenvalue weighted by atomic mass is 16.5. The summed E-state index contributed by atoms with van der Waals surface area (Å²) in [5, 5.41) is 12.9. The normalized spacial score (nSPS) is 26.1. The quantitative estimate of drug-likeness (QED) is 0.893. The van der Waals surface area contributed by atoms with Crippen molar-refractivity contribution in [2.45, 2.75) is 39.2 Å². The van der Waals surface area contributed by atoms with E-state index in [9.17, 15) is 9.90 Å². The third kappa shape index (κ3) is 3.24. The van der Waals surface area contributed by atoms with Crippen LogP contribution in [-0.4, -0.2) is 24.2 Å². The molecule has 1 amide bonds. The van der Waals surface area contributed by atoms with Crippen molar-refractivity contribution in [2.24, 2.45) is 11.8 Å². The number of nitrogens with one attached hydrogen (secondary N) is 1. The Morgan fingerprint density at radius 1 is 1.35 bits per heavy atom. The number of rotatable bonds is 3. The van der Waals surface area contributed by atoms with Crippen LogP contribution in [0, 0.1) is 11.8 Å². The van der Waals surface area contributed by atoms with Gasteiger partial charge in [-0.1, -0.05) is 13.8 Å². The maximum absolute atomic E-state index is 12.2. The Morgan fingerprint density at radius 3 is 2.70 bits per heavy atom. The fourth-order valence-corrected chi connectivity index (χ4v) is 2.96. The molecule has 1 aliphatic rings. The van der Waals surface area contributed by atoms with Crippen LogP contribution in [0.5, 0.6) is 11.5 Å². The third-order valence-electron chi connectivity index (χ3n) is 4.20. The van der Waals surface area contributed by atoms with Gasteiger partial charge in [0.15, 0.2) is 0 Å². The highest BCUT2D eigenvalue weighted by Crippen LogP contribution is 2.29. The van der Waals surface area contributed by atoms with E-state index in [1.165, 1.54) is 13.2 Å². The van der Waals surface area contributed by atoms with Crippen LogP contribution < -0.4 is 10.1 Å². The molecule has 1 fully saturated rings. The van der Waals surface area contributed by atoms with Gasteiger partial charge in [-0.2, -0.15) is 0 Å². The molecule has 0 spiro atoms. The van der Waals surface area contributed by atoms with Crippen molar-refractivity contribution < 1.29 is 14.6 Å². The van der Waals surface area contributed by atoms with Crippen molar-refractivity contribution in [3.8, 4) is 11.5 Å². The smallest absolute Gasteiger partial charge is 0.255 e. The average molecular weight is 277 g/mol. The Bertz CT molecular complexity index is 487. The predicted octanol–water partition coefficient (Wildman–Crippen LogP) is 2.96. The monoisotopic (exact) mass is 277 g/mol. The van der Waals surface area contributed by atoms with Crippen LogP contribution >= 0.6 is 0 Å². The first-order valence-corrected chi connectivity index (χ1v) is 7.19. The predicted molar refractivity (Wildman–Crippen MR) is 78.1 cm³/mol. The number of phenolic OH excluding ortho intramolecular Hbond substituents is 1. The molecule has 1 aromatic carbocycles. The Balaban J connectivity index is 2.05. The van der Waals surface area contributed by atoms with Crippen molar-refractivity contribution in [1.29, 1.82) is 0 Å². The lowest BCUT2D eigenvalue weighted by Crippen LogP contribution is -2.42. The highest BCUT2D eigenvalue weighted by Gasteiger charge is 2.27. The van der Waals surface area contributed by atoms with Crippen LogP contribution in [0.2, 0.25) is 0 Å². The van der Waals surface area contributed by atoms with Gasteiger partial charge in [0.25, 0.3) is 5.91 Å². The molecule has 0 radical (unpaired) electrons. The lowest BCUT2D eigenvalue weighted by Gasteiger charge is -2.33. The molecule has 0 saturated heterocycles. The summed E-state index contributed by atoms with van der Waals surface area (Å²) in [6, 6.07) is 4.93. The first kappa shape index (κ1) is 14.7. The second kappa shape index (κ2) is 6.16. The molecule has 4 heteroatoms. The summed E-state index contributed by atoms with van der Waals surface area (Å²) in [5.41, 5.74) is 0.302. The average Bonchev–Trinajstić information content (AvgIpc) is 2.41. The van der Waals surface area contributed by atoms with E-state index in [1.807, 2.05) is 0 Å². The van der Waals surface area contributed by atoms with Gasteiger partial charge in [0.2, 0.25) is 0 Å². The molecule has 110 valence electrons. The van der Waals surface area contributed by atoms with E-state index in [4.69, 9.17) is 4.74 Å². The standard InChI is InChI=1S/C16H23NO3/c1-10-4-7-14(11(2)8-10)17-16(19)13-6-5-12(20-3)9-15(13)18/h5-6,9-11,14,18H,4,7-8H2,1-3H3,(H,17,19). The van der Waals surface area contributed by atoms with Crippen molar-refractivity contribution in [3.05, 3.63) is 23.8 Å². The molecule has 1 aliphatic carbocycles. The number of methoxy groups -OCH3 is 1. The van der Waals surface area contributed by atoms with Gasteiger partial charge in [-0.05, 0) is 43.2 Å². The first-order chi connectivity index (χ1) is 9.51. The van der Waals surface area contributed by atoms with E-state index in [0.717, 1.165) is 25.2 Å². The molecule has 3 unspecified atom stereocenters. The summed E-state index contributed by atoms with van der Waals surface area (Å²) in [7, 11) is 1.53. The van der Waals surface area contributed by atoms with Gasteiger partial charge >= 0.3 is 0 Å². The van der Waals surface area contributed by atoms with Crippen LogP contribution in [0.1, 0.15) is 43.5 Å². The third-order valence-corrected chi connectivity index (χ3v) is 4.20. The molecule has 3 atom stereocenters. The summed E-state index contributed by atoms with van der Waals surface area (Å²) < 4.78 is 5.02. The number of amides is 1. The van der Waals surface area contributed by atoms with Gasteiger partial charge in [0.05, 0.1) is 12.7 Å². The van der Waals surface area contributed by atoms with Crippen molar-refractivity contribution in [1.82, 2.24) is 5.32 Å². The van der Waals surface area contributed by atoms with Crippen LogP contribution in [0.4, 0.5) is 0 Å². The van der Waals surface area contributed by atoms with Crippen LogP contribution in [-0.2, 0) is 0 Å². The minimum atomic E-state index is -0.212. The molecule has 1 aromatic rings. The summed E-state index contributed by atoms with van der Waals surface area (Å²) in [6.07, 6.45) is 3.29. The van der Waals surface area contributed by atoms with E-state index in [0.29, 0.717) is 17.2 Å². The second-order valence-electron chi connectivity index (χ2n) is 5.86. The molecule has 4 nitrogen and oxygen atoms in total. The zero-order chi connectivity index (χ0) is 14.7. The fourth-order valence-electron chi connectivity index (χ4n) is 2.96. The Labute approximate surface area is 120 Å². The van der Waals surface area contributed by atoms with Crippen molar-refractivity contribution >= 4 is 5.91 Å². The Morgan fingerprint density at radius 2 is 2.10 bits per heavy atom. The number of benzene rings is 1. The molecule has 2 N–H and O–H groups in total. The minimum Gasteiger partial charge on any atom is -0.507 e. The van der Waals surface area contributed by atoms with Gasteiger partial charge < -0.3 is 15.2 Å². The van der Waals surface area contributed by atoms with E-state index >= 15 is 0 Å². The van der Waals surface area contributed by atoms with Crippen molar-refractivity contribution in [3.63, 3.8) is 0 Å². The summed E-state index contributed by atoms with van der Waals surface area (Å²) >= 11 is 0. The second-order valence-corrected chi connectivity index (χ2v) is 5.86. The SMILES string of the molecule is COc1ccc(C(=O)NC2CCC(C)CC2C)c(O)c1. The lowest BCUT2D eigenvalue weighted by molar-refractivity contribution is 0.0897. The fraction of sp³-hybridized carbons (Fsp3) is 0.562. The number of hydrogen-bond acceptors (Lipinski definition) is 3. The summed E-state index contributed by atoms with van der Waals surface area (Å²) in [6.45, 7) is 4.43. The molecule has 2 rings (SSSR count). The van der Waals surface area contributed by atoms with Gasteiger partial charge in [-0.15, -0.1) is 0 Å². The molecule has 1 saturated carbocycles. The maximum atomic E-state index is 12.2. The molecule has 0 aliphatic heterocycles. The van der Waals surface area contributed by atoms with Gasteiger partial charge in [-0.25, -0.2) is 0 Å². The van der Waals surface area contributed by atoms with E-state index in [2.05, 4.69) is 19.2 Å². The minimum absolute atomic E-state index is 0.0429. The molecular weight excluding hydrogens is 254 g/mol. The Hall–Kier alpha value is -1.71. The van der Waals surface area contributed by atoms with Crippen molar-refractivity contribution in [2.75, 3.05) is 7.11 Å². The zero-order valence-electron chi connectivity index (χ0n) is 12.3. The summed E-state index contributed by atoms with van der Waals surface area (Å²) in [5.74, 6) is 1.49. The van der Waals surface area contributed by atoms with Gasteiger partial charge in [0.1, 0.15) is 11.5 Å². The van der Waals surface area contributed by atoms with E-state index in [1.54, 1.807) is 12.1 Å². The van der Waals surface area contributed by atoms with Crippen LogP contribution in [0.15, 0.2) is 18.2 Å². The van der Waals surface area contributed by atoms with E-state index in [-0.39, 0.29) is 17.7 Å². The first-order valence-electron chi connectivity index (χ1n) is 7.19. The van der Waals surface area contributed by atoms with Gasteiger partial charge in [0, 0.05) is 12.1 Å². The number of carbonyl (C=O) groups is 1. The molecular formula is C16H23NO3. The van der Waals surface area contributed by atoms with Crippen LogP contribution in [0.25, 0.3) is 0 Å². The number of carbonyl (C=O) groups excluding carboxylic acids is 1. The topological polar surface area (TPSA) is 58.6 Å². The largest absolute Gasteiger partial charge is 0.507 e. The molecule has 0 heterocycles. The molecule has 0 bridgehead atoms. The lowest BCUT2D eigenvalue weighted by atomic mass is 9.80. The number of phenols is 1. The Kier molecular flexibility index (Phi) is 4.53. The summed E-state index contributed by atoms with van der Waals surface area (Å²) in [4.78, 5) is 12.2.